The minimum atomic E-state index is -0.172. The summed E-state index contributed by atoms with van der Waals surface area (Å²) in [7, 11) is 1.83. The molecule has 1 saturated carbocycles. The zero-order chi connectivity index (χ0) is 16.9. The quantitative estimate of drug-likeness (QED) is 0.819. The average molecular weight is 342 g/mol. The van der Waals surface area contributed by atoms with Crippen LogP contribution >= 0.6 is 11.8 Å². The van der Waals surface area contributed by atoms with Gasteiger partial charge in [-0.05, 0) is 54.7 Å². The Labute approximate surface area is 146 Å². The van der Waals surface area contributed by atoms with Crippen LogP contribution in [-0.2, 0) is 5.75 Å². The minimum absolute atomic E-state index is 0.0419. The fourth-order valence-corrected chi connectivity index (χ4v) is 3.72. The maximum atomic E-state index is 12.4. The van der Waals surface area contributed by atoms with Gasteiger partial charge in [-0.25, -0.2) is 0 Å². The number of aliphatic hydroxyl groups excluding tert-OH is 1. The Kier molecular flexibility index (Phi) is 5.53. The van der Waals surface area contributed by atoms with Crippen molar-refractivity contribution in [1.29, 1.82) is 0 Å². The summed E-state index contributed by atoms with van der Waals surface area (Å²) < 4.78 is 0. The van der Waals surface area contributed by atoms with Gasteiger partial charge < -0.3 is 10.0 Å². The van der Waals surface area contributed by atoms with E-state index < -0.39 is 0 Å². The van der Waals surface area contributed by atoms with E-state index in [1.165, 1.54) is 5.56 Å². The highest BCUT2D eigenvalue weighted by Crippen LogP contribution is 2.28. The number of carbonyl (C=O) groups excluding carboxylic acids is 1. The smallest absolute Gasteiger partial charge is 0.253 e. The average Bonchev–Trinajstić information content (AvgIpc) is 2.59. The summed E-state index contributed by atoms with van der Waals surface area (Å²) >= 11 is 1.73. The number of thioether (sulfide) groups is 1. The van der Waals surface area contributed by atoms with E-state index >= 15 is 0 Å². The molecule has 4 nitrogen and oxygen atoms in total. The lowest BCUT2D eigenvalue weighted by molar-refractivity contribution is 0.0265. The lowest BCUT2D eigenvalue weighted by Gasteiger charge is -2.34. The van der Waals surface area contributed by atoms with Gasteiger partial charge in [-0.1, -0.05) is 6.07 Å². The van der Waals surface area contributed by atoms with Crippen molar-refractivity contribution in [2.75, 3.05) is 13.6 Å². The van der Waals surface area contributed by atoms with E-state index in [0.717, 1.165) is 23.5 Å². The van der Waals surface area contributed by atoms with Gasteiger partial charge >= 0.3 is 0 Å². The fourth-order valence-electron chi connectivity index (χ4n) is 2.88. The Hall–Kier alpha value is -1.85. The van der Waals surface area contributed by atoms with Gasteiger partial charge in [0.1, 0.15) is 0 Å². The maximum Gasteiger partial charge on any atom is 0.253 e. The largest absolute Gasteiger partial charge is 0.393 e. The van der Waals surface area contributed by atoms with E-state index in [9.17, 15) is 9.90 Å². The first kappa shape index (κ1) is 17.0. The van der Waals surface area contributed by atoms with Gasteiger partial charge in [0.15, 0.2) is 0 Å². The summed E-state index contributed by atoms with van der Waals surface area (Å²) in [6, 6.07) is 11.8. The molecule has 1 heterocycles. The molecule has 0 saturated heterocycles. The van der Waals surface area contributed by atoms with E-state index in [4.69, 9.17) is 0 Å². The number of pyridine rings is 1. The molecule has 3 rings (SSSR count). The summed E-state index contributed by atoms with van der Waals surface area (Å²) in [5.41, 5.74) is 1.90. The normalized spacial score (nSPS) is 19.6. The van der Waals surface area contributed by atoms with Gasteiger partial charge in [-0.2, -0.15) is 0 Å². The van der Waals surface area contributed by atoms with Gasteiger partial charge in [-0.3, -0.25) is 9.78 Å². The standard InChI is InChI=1S/C19H22N2O2S/c1-21(12-15-9-17(22)10-15)19(23)16-4-6-18(7-5-16)24-13-14-3-2-8-20-11-14/h2-8,11,15,17,22H,9-10,12-13H2,1H3. The van der Waals surface area contributed by atoms with Crippen molar-refractivity contribution >= 4 is 17.7 Å². The Bertz CT molecular complexity index is 670. The van der Waals surface area contributed by atoms with Gasteiger partial charge in [0, 0.05) is 42.2 Å². The fraction of sp³-hybridized carbons (Fsp3) is 0.368. The SMILES string of the molecule is CN(CC1CC(O)C1)C(=O)c1ccc(SCc2cccnc2)cc1. The van der Waals surface area contributed by atoms with Crippen LogP contribution < -0.4 is 0 Å². The topological polar surface area (TPSA) is 53.4 Å². The summed E-state index contributed by atoms with van der Waals surface area (Å²) in [5, 5.41) is 9.34. The molecule has 5 heteroatoms. The molecule has 0 aliphatic heterocycles. The molecule has 1 N–H and O–H groups in total. The molecule has 1 aromatic heterocycles. The summed E-state index contributed by atoms with van der Waals surface area (Å²) in [4.78, 5) is 19.5. The van der Waals surface area contributed by atoms with Gasteiger partial charge in [0.05, 0.1) is 6.10 Å². The molecule has 1 aliphatic carbocycles. The molecule has 0 unspecified atom stereocenters. The van der Waals surface area contributed by atoms with Crippen molar-refractivity contribution < 1.29 is 9.90 Å². The van der Waals surface area contributed by atoms with Crippen molar-refractivity contribution in [3.05, 3.63) is 59.9 Å². The number of hydrogen-bond donors (Lipinski definition) is 1. The number of carbonyl (C=O) groups is 1. The van der Waals surface area contributed by atoms with Crippen LogP contribution in [0.5, 0.6) is 0 Å². The second-order valence-electron chi connectivity index (χ2n) is 6.35. The molecule has 24 heavy (non-hydrogen) atoms. The van der Waals surface area contributed by atoms with Crippen LogP contribution in [0.2, 0.25) is 0 Å². The zero-order valence-corrected chi connectivity index (χ0v) is 14.6. The molecular weight excluding hydrogens is 320 g/mol. The first-order valence-electron chi connectivity index (χ1n) is 8.17. The van der Waals surface area contributed by atoms with Crippen LogP contribution in [0.4, 0.5) is 0 Å². The monoisotopic (exact) mass is 342 g/mol. The Morgan fingerprint density at radius 2 is 2.04 bits per heavy atom. The van der Waals surface area contributed by atoms with E-state index in [0.29, 0.717) is 18.0 Å². The maximum absolute atomic E-state index is 12.4. The molecule has 1 fully saturated rings. The zero-order valence-electron chi connectivity index (χ0n) is 13.8. The summed E-state index contributed by atoms with van der Waals surface area (Å²) in [6.07, 6.45) is 5.09. The van der Waals surface area contributed by atoms with Crippen LogP contribution in [0.1, 0.15) is 28.8 Å². The lowest BCUT2D eigenvalue weighted by atomic mass is 9.82. The van der Waals surface area contributed by atoms with E-state index in [1.807, 2.05) is 43.6 Å². The molecule has 0 radical (unpaired) electrons. The highest BCUT2D eigenvalue weighted by atomic mass is 32.2. The highest BCUT2D eigenvalue weighted by molar-refractivity contribution is 7.98. The van der Waals surface area contributed by atoms with E-state index in [-0.39, 0.29) is 12.0 Å². The number of benzene rings is 1. The Morgan fingerprint density at radius 3 is 2.67 bits per heavy atom. The second kappa shape index (κ2) is 7.81. The van der Waals surface area contributed by atoms with Crippen LogP contribution in [0, 0.1) is 5.92 Å². The number of aromatic nitrogens is 1. The first-order chi connectivity index (χ1) is 11.6. The van der Waals surface area contributed by atoms with Gasteiger partial charge in [0.2, 0.25) is 0 Å². The predicted molar refractivity (Wildman–Crippen MR) is 95.9 cm³/mol. The third-order valence-electron chi connectivity index (χ3n) is 4.32. The summed E-state index contributed by atoms with van der Waals surface area (Å²) in [6.45, 7) is 0.716. The third kappa shape index (κ3) is 4.36. The number of rotatable bonds is 6. The number of amides is 1. The summed E-state index contributed by atoms with van der Waals surface area (Å²) in [5.74, 6) is 1.34. The third-order valence-corrected chi connectivity index (χ3v) is 5.40. The van der Waals surface area contributed by atoms with Crippen molar-refractivity contribution in [2.24, 2.45) is 5.92 Å². The van der Waals surface area contributed by atoms with Crippen LogP contribution in [0.15, 0.2) is 53.7 Å². The molecule has 1 aromatic carbocycles. The second-order valence-corrected chi connectivity index (χ2v) is 7.40. The van der Waals surface area contributed by atoms with Crippen LogP contribution in [0.3, 0.4) is 0 Å². The minimum Gasteiger partial charge on any atom is -0.393 e. The van der Waals surface area contributed by atoms with Crippen molar-refractivity contribution in [1.82, 2.24) is 9.88 Å². The molecule has 2 aromatic rings. The number of aliphatic hydroxyl groups is 1. The molecule has 0 spiro atoms. The number of nitrogens with zero attached hydrogens (tertiary/aromatic N) is 2. The van der Waals surface area contributed by atoms with Crippen molar-refractivity contribution in [3.8, 4) is 0 Å². The van der Waals surface area contributed by atoms with E-state index in [2.05, 4.69) is 11.1 Å². The Morgan fingerprint density at radius 1 is 1.29 bits per heavy atom. The molecule has 126 valence electrons. The van der Waals surface area contributed by atoms with Crippen LogP contribution in [-0.4, -0.2) is 40.6 Å². The van der Waals surface area contributed by atoms with Crippen molar-refractivity contribution in [3.63, 3.8) is 0 Å². The molecule has 0 bridgehead atoms. The van der Waals surface area contributed by atoms with Gasteiger partial charge in [0.25, 0.3) is 5.91 Å². The number of hydrogen-bond acceptors (Lipinski definition) is 4. The Balaban J connectivity index is 1.52. The van der Waals surface area contributed by atoms with Crippen molar-refractivity contribution in [2.45, 2.75) is 29.6 Å². The first-order valence-corrected chi connectivity index (χ1v) is 9.15. The predicted octanol–water partition coefficient (Wildman–Crippen LogP) is 3.22. The molecular formula is C19H22N2O2S. The molecule has 1 aliphatic rings. The lowest BCUT2D eigenvalue weighted by Crippen LogP contribution is -2.39. The van der Waals surface area contributed by atoms with Gasteiger partial charge in [-0.15, -0.1) is 11.8 Å². The molecule has 1 amide bonds. The highest BCUT2D eigenvalue weighted by Gasteiger charge is 2.29. The molecule has 0 atom stereocenters. The van der Waals surface area contributed by atoms with E-state index in [1.54, 1.807) is 22.9 Å². The van der Waals surface area contributed by atoms with Crippen LogP contribution in [0.25, 0.3) is 0 Å².